The van der Waals surface area contributed by atoms with E-state index in [4.69, 9.17) is 0 Å². The molecule has 0 unspecified atom stereocenters. The van der Waals surface area contributed by atoms with Gasteiger partial charge in [0.15, 0.2) is 0 Å². The summed E-state index contributed by atoms with van der Waals surface area (Å²) in [6.45, 7) is 4.22. The molecule has 2 aromatic rings. The van der Waals surface area contributed by atoms with Crippen molar-refractivity contribution < 1.29 is 9.59 Å². The van der Waals surface area contributed by atoms with E-state index in [2.05, 4.69) is 21.2 Å². The molecule has 0 fully saturated rings. The Hall–Kier alpha value is -1.79. The highest BCUT2D eigenvalue weighted by Gasteiger charge is 2.25. The molecule has 1 atom stereocenters. The smallest absolute Gasteiger partial charge is 0.242 e. The van der Waals surface area contributed by atoms with Crippen molar-refractivity contribution in [2.24, 2.45) is 0 Å². The molecule has 0 radical (unpaired) electrons. The first-order valence-electron chi connectivity index (χ1n) is 8.80. The van der Waals surface area contributed by atoms with E-state index >= 15 is 0 Å². The first kappa shape index (κ1) is 21.5. The monoisotopic (exact) mass is 448 g/mol. The lowest BCUT2D eigenvalue weighted by molar-refractivity contribution is -0.138. The van der Waals surface area contributed by atoms with Crippen LogP contribution in [0, 0.1) is 6.92 Å². The van der Waals surface area contributed by atoms with Gasteiger partial charge in [-0.25, -0.2) is 0 Å². The number of thioether (sulfide) groups is 1. The minimum Gasteiger partial charge on any atom is -0.357 e. The second kappa shape index (κ2) is 10.5. The lowest BCUT2D eigenvalue weighted by Gasteiger charge is -2.29. The van der Waals surface area contributed by atoms with Gasteiger partial charge in [-0.1, -0.05) is 52.3 Å². The van der Waals surface area contributed by atoms with Crippen molar-refractivity contribution in [3.63, 3.8) is 0 Å². The molecule has 4 nitrogen and oxygen atoms in total. The van der Waals surface area contributed by atoms with Gasteiger partial charge in [0.25, 0.3) is 0 Å². The summed E-state index contributed by atoms with van der Waals surface area (Å²) in [4.78, 5) is 26.7. The molecular formula is C21H25BrN2O2S. The number of carbonyl (C=O) groups is 2. The van der Waals surface area contributed by atoms with Gasteiger partial charge in [-0.3, -0.25) is 9.59 Å². The first-order chi connectivity index (χ1) is 12.9. The summed E-state index contributed by atoms with van der Waals surface area (Å²) in [5.74, 6) is 0.904. The normalized spacial score (nSPS) is 11.7. The van der Waals surface area contributed by atoms with Crippen LogP contribution >= 0.6 is 27.7 Å². The molecule has 6 heteroatoms. The van der Waals surface area contributed by atoms with E-state index in [9.17, 15) is 9.59 Å². The number of aryl methyl sites for hydroxylation is 1. The standard InChI is InChI=1S/C21H25BrN2O2S/c1-15-6-4-5-7-18(15)12-24(16(2)21(26)23-3)20(25)14-27-13-17-8-10-19(22)11-9-17/h4-11,16H,12-14H2,1-3H3,(H,23,26)/t16-/m1/s1. The van der Waals surface area contributed by atoms with Gasteiger partial charge in [0.05, 0.1) is 5.75 Å². The van der Waals surface area contributed by atoms with Gasteiger partial charge in [-0.2, -0.15) is 0 Å². The topological polar surface area (TPSA) is 49.4 Å². The van der Waals surface area contributed by atoms with Crippen LogP contribution in [0.3, 0.4) is 0 Å². The summed E-state index contributed by atoms with van der Waals surface area (Å²) in [6, 6.07) is 15.5. The molecule has 2 aromatic carbocycles. The minimum atomic E-state index is -0.518. The number of halogens is 1. The van der Waals surface area contributed by atoms with Crippen LogP contribution in [0.15, 0.2) is 53.0 Å². The van der Waals surface area contributed by atoms with Crippen molar-refractivity contribution in [1.82, 2.24) is 10.2 Å². The molecule has 2 rings (SSSR count). The highest BCUT2D eigenvalue weighted by atomic mass is 79.9. The summed E-state index contributed by atoms with van der Waals surface area (Å²) in [5.41, 5.74) is 3.34. The number of likely N-dealkylation sites (N-methyl/N-ethyl adjacent to an activating group) is 1. The first-order valence-corrected chi connectivity index (χ1v) is 10.7. The fraction of sp³-hybridized carbons (Fsp3) is 0.333. The zero-order valence-corrected chi connectivity index (χ0v) is 18.3. The van der Waals surface area contributed by atoms with Crippen LogP contribution in [0.2, 0.25) is 0 Å². The maximum atomic E-state index is 12.9. The quantitative estimate of drug-likeness (QED) is 0.659. The van der Waals surface area contributed by atoms with Gasteiger partial charge in [0.2, 0.25) is 11.8 Å². The minimum absolute atomic E-state index is 0.0311. The summed E-state index contributed by atoms with van der Waals surface area (Å²) in [7, 11) is 1.59. The highest BCUT2D eigenvalue weighted by molar-refractivity contribution is 9.10. The van der Waals surface area contributed by atoms with Crippen LogP contribution in [-0.2, 0) is 21.9 Å². The lowest BCUT2D eigenvalue weighted by Crippen LogP contribution is -2.47. The summed E-state index contributed by atoms with van der Waals surface area (Å²) >= 11 is 4.99. The number of nitrogens with one attached hydrogen (secondary N) is 1. The molecule has 0 aliphatic rings. The molecule has 0 aliphatic heterocycles. The predicted octanol–water partition coefficient (Wildman–Crippen LogP) is 4.15. The Kier molecular flexibility index (Phi) is 8.38. The number of rotatable bonds is 8. The third kappa shape index (κ3) is 6.40. The van der Waals surface area contributed by atoms with Crippen LogP contribution in [0.1, 0.15) is 23.6 Å². The van der Waals surface area contributed by atoms with E-state index in [0.717, 1.165) is 21.4 Å². The van der Waals surface area contributed by atoms with Crippen molar-refractivity contribution in [3.05, 3.63) is 69.7 Å². The molecule has 144 valence electrons. The van der Waals surface area contributed by atoms with Crippen molar-refractivity contribution in [2.75, 3.05) is 12.8 Å². The fourth-order valence-electron chi connectivity index (χ4n) is 2.68. The van der Waals surface area contributed by atoms with Gasteiger partial charge in [-0.15, -0.1) is 11.8 Å². The molecule has 0 saturated heterocycles. The number of nitrogens with zero attached hydrogens (tertiary/aromatic N) is 1. The Bertz CT molecular complexity index is 780. The van der Waals surface area contributed by atoms with E-state index in [-0.39, 0.29) is 11.8 Å². The Balaban J connectivity index is 2.04. The number of hydrogen-bond acceptors (Lipinski definition) is 3. The third-order valence-electron chi connectivity index (χ3n) is 4.42. The van der Waals surface area contributed by atoms with Crippen molar-refractivity contribution in [2.45, 2.75) is 32.2 Å². The van der Waals surface area contributed by atoms with Gasteiger partial charge in [-0.05, 0) is 42.7 Å². The zero-order chi connectivity index (χ0) is 19.8. The van der Waals surface area contributed by atoms with E-state index in [0.29, 0.717) is 12.3 Å². The fourth-order valence-corrected chi connectivity index (χ4v) is 3.82. The van der Waals surface area contributed by atoms with Crippen molar-refractivity contribution >= 4 is 39.5 Å². The Labute approximate surface area is 173 Å². The maximum Gasteiger partial charge on any atom is 0.242 e. The second-order valence-electron chi connectivity index (χ2n) is 6.36. The largest absolute Gasteiger partial charge is 0.357 e. The number of hydrogen-bond donors (Lipinski definition) is 1. The highest BCUT2D eigenvalue weighted by Crippen LogP contribution is 2.18. The van der Waals surface area contributed by atoms with Crippen molar-refractivity contribution in [1.29, 1.82) is 0 Å². The summed E-state index contributed by atoms with van der Waals surface area (Å²) in [6.07, 6.45) is 0. The average molecular weight is 449 g/mol. The molecule has 1 N–H and O–H groups in total. The molecule has 0 heterocycles. The maximum absolute atomic E-state index is 12.9. The van der Waals surface area contributed by atoms with Gasteiger partial charge < -0.3 is 10.2 Å². The Morgan fingerprint density at radius 2 is 1.81 bits per heavy atom. The number of carbonyl (C=O) groups excluding carboxylic acids is 2. The molecule has 0 bridgehead atoms. The molecule has 0 aromatic heterocycles. The van der Waals surface area contributed by atoms with E-state index in [1.807, 2.05) is 55.5 Å². The molecule has 0 spiro atoms. The van der Waals surface area contributed by atoms with Gasteiger partial charge >= 0.3 is 0 Å². The Morgan fingerprint density at radius 1 is 1.15 bits per heavy atom. The van der Waals surface area contributed by atoms with Crippen LogP contribution < -0.4 is 5.32 Å². The van der Waals surface area contributed by atoms with E-state index in [1.54, 1.807) is 30.6 Å². The summed E-state index contributed by atoms with van der Waals surface area (Å²) in [5, 5.41) is 2.64. The van der Waals surface area contributed by atoms with E-state index < -0.39 is 6.04 Å². The SMILES string of the molecule is CNC(=O)[C@@H](C)N(Cc1ccccc1C)C(=O)CSCc1ccc(Br)cc1. The van der Waals surface area contributed by atoms with Crippen molar-refractivity contribution in [3.8, 4) is 0 Å². The Morgan fingerprint density at radius 3 is 2.44 bits per heavy atom. The molecular weight excluding hydrogens is 424 g/mol. The molecule has 2 amide bonds. The average Bonchev–Trinajstić information content (AvgIpc) is 2.67. The van der Waals surface area contributed by atoms with Gasteiger partial charge in [0, 0.05) is 23.8 Å². The molecule has 0 saturated carbocycles. The van der Waals surface area contributed by atoms with Crippen LogP contribution in [0.5, 0.6) is 0 Å². The van der Waals surface area contributed by atoms with Crippen LogP contribution in [0.25, 0.3) is 0 Å². The second-order valence-corrected chi connectivity index (χ2v) is 8.26. The van der Waals surface area contributed by atoms with E-state index in [1.165, 1.54) is 5.56 Å². The molecule has 0 aliphatic carbocycles. The number of benzene rings is 2. The molecule has 27 heavy (non-hydrogen) atoms. The summed E-state index contributed by atoms with van der Waals surface area (Å²) < 4.78 is 1.04. The number of amides is 2. The van der Waals surface area contributed by atoms with Crippen LogP contribution in [-0.4, -0.2) is 35.6 Å². The van der Waals surface area contributed by atoms with Gasteiger partial charge in [0.1, 0.15) is 6.04 Å². The predicted molar refractivity (Wildman–Crippen MR) is 116 cm³/mol. The van der Waals surface area contributed by atoms with Crippen LogP contribution in [0.4, 0.5) is 0 Å². The zero-order valence-electron chi connectivity index (χ0n) is 15.9. The lowest BCUT2D eigenvalue weighted by atomic mass is 10.1. The third-order valence-corrected chi connectivity index (χ3v) is 5.94.